The van der Waals surface area contributed by atoms with Gasteiger partial charge in [0.15, 0.2) is 0 Å². The van der Waals surface area contributed by atoms with Crippen LogP contribution in [0.5, 0.6) is 0 Å². The minimum absolute atomic E-state index is 0.0622. The van der Waals surface area contributed by atoms with Crippen molar-refractivity contribution in [3.05, 3.63) is 34.9 Å². The number of rotatable bonds is 1. The summed E-state index contributed by atoms with van der Waals surface area (Å²) in [6, 6.07) is 7.32. The molecule has 3 nitrogen and oxygen atoms in total. The van der Waals surface area contributed by atoms with Gasteiger partial charge in [-0.1, -0.05) is 17.9 Å². The van der Waals surface area contributed by atoms with Gasteiger partial charge in [0.1, 0.15) is 6.42 Å². The number of nitrogens with zero attached hydrogens (tertiary/aromatic N) is 1. The smallest absolute Gasteiger partial charge is 0.317 e. The second kappa shape index (κ2) is 5.58. The van der Waals surface area contributed by atoms with Crippen LogP contribution in [0.1, 0.15) is 23.1 Å². The molecule has 1 rings (SSSR count). The second-order valence-electron chi connectivity index (χ2n) is 3.20. The molecule has 0 saturated carbocycles. The largest absolute Gasteiger partial charge is 0.468 e. The summed E-state index contributed by atoms with van der Waals surface area (Å²) in [5.41, 5.74) is 2.31. The number of carbonyl (C=O) groups excluding carboxylic acids is 1. The fraction of sp³-hybridized carbons (Fsp3) is 0.231. The lowest BCUT2D eigenvalue weighted by Gasteiger charge is -1.97. The molecule has 0 saturated heterocycles. The third-order valence-corrected chi connectivity index (χ3v) is 2.05. The highest BCUT2D eigenvalue weighted by Gasteiger charge is 1.98. The van der Waals surface area contributed by atoms with Crippen molar-refractivity contribution in [3.8, 4) is 17.9 Å². The molecule has 0 aliphatic heterocycles. The van der Waals surface area contributed by atoms with Crippen LogP contribution in [0.3, 0.4) is 0 Å². The van der Waals surface area contributed by atoms with Crippen LogP contribution in [0.25, 0.3) is 0 Å². The number of hydrogen-bond donors (Lipinski definition) is 0. The zero-order valence-electron chi connectivity index (χ0n) is 9.20. The quantitative estimate of drug-likeness (QED) is 0.527. The fourth-order valence-electron chi connectivity index (χ4n) is 1.11. The van der Waals surface area contributed by atoms with E-state index in [0.29, 0.717) is 5.56 Å². The van der Waals surface area contributed by atoms with Crippen molar-refractivity contribution in [2.75, 3.05) is 7.11 Å². The number of esters is 1. The summed E-state index contributed by atoms with van der Waals surface area (Å²) < 4.78 is 4.47. The van der Waals surface area contributed by atoms with Gasteiger partial charge >= 0.3 is 5.97 Å². The van der Waals surface area contributed by atoms with Crippen LogP contribution in [-0.2, 0) is 9.53 Å². The van der Waals surface area contributed by atoms with Gasteiger partial charge in [0, 0.05) is 5.56 Å². The minimum atomic E-state index is -0.360. The van der Waals surface area contributed by atoms with Crippen LogP contribution >= 0.6 is 0 Å². The van der Waals surface area contributed by atoms with Gasteiger partial charge in [0.2, 0.25) is 0 Å². The van der Waals surface area contributed by atoms with E-state index in [-0.39, 0.29) is 12.4 Å². The molecule has 0 heterocycles. The fourth-order valence-corrected chi connectivity index (χ4v) is 1.11. The van der Waals surface area contributed by atoms with Crippen molar-refractivity contribution in [3.63, 3.8) is 0 Å². The number of ether oxygens (including phenoxy) is 1. The first kappa shape index (κ1) is 11.8. The van der Waals surface area contributed by atoms with Gasteiger partial charge in [-0.3, -0.25) is 4.79 Å². The Labute approximate surface area is 94.7 Å². The molecule has 3 heteroatoms. The van der Waals surface area contributed by atoms with E-state index >= 15 is 0 Å². The Balaban J connectivity index is 2.88. The van der Waals surface area contributed by atoms with Crippen molar-refractivity contribution < 1.29 is 9.53 Å². The monoisotopic (exact) mass is 213 g/mol. The van der Waals surface area contributed by atoms with E-state index in [1.54, 1.807) is 12.1 Å². The number of carbonyl (C=O) groups is 1. The van der Waals surface area contributed by atoms with Gasteiger partial charge in [-0.25, -0.2) is 0 Å². The van der Waals surface area contributed by atoms with E-state index < -0.39 is 0 Å². The molecule has 1 aromatic rings. The van der Waals surface area contributed by atoms with Crippen LogP contribution in [-0.4, -0.2) is 13.1 Å². The number of methoxy groups -OCH3 is 1. The predicted molar refractivity (Wildman–Crippen MR) is 59.4 cm³/mol. The van der Waals surface area contributed by atoms with E-state index in [4.69, 9.17) is 5.26 Å². The first-order valence-corrected chi connectivity index (χ1v) is 4.74. The van der Waals surface area contributed by atoms with E-state index in [1.165, 1.54) is 7.11 Å². The van der Waals surface area contributed by atoms with Crippen LogP contribution in [0, 0.1) is 30.1 Å². The highest BCUT2D eigenvalue weighted by Crippen LogP contribution is 2.09. The maximum atomic E-state index is 10.8. The van der Waals surface area contributed by atoms with Crippen molar-refractivity contribution >= 4 is 5.97 Å². The molecule has 0 aliphatic carbocycles. The van der Waals surface area contributed by atoms with Gasteiger partial charge in [0.25, 0.3) is 0 Å². The lowest BCUT2D eigenvalue weighted by molar-refractivity contribution is -0.139. The van der Waals surface area contributed by atoms with Gasteiger partial charge in [-0.2, -0.15) is 5.26 Å². The SMILES string of the molecule is COC(=O)CC#Cc1cc(C#N)ccc1C. The predicted octanol–water partition coefficient (Wildman–Crippen LogP) is 1.78. The molecule has 0 radical (unpaired) electrons. The van der Waals surface area contributed by atoms with Crippen molar-refractivity contribution in [2.45, 2.75) is 13.3 Å². The van der Waals surface area contributed by atoms with E-state index in [1.807, 2.05) is 19.1 Å². The normalized spacial score (nSPS) is 8.56. The third kappa shape index (κ3) is 3.15. The average molecular weight is 213 g/mol. The zero-order valence-corrected chi connectivity index (χ0v) is 9.20. The molecule has 0 spiro atoms. The Bertz CT molecular complexity index is 501. The average Bonchev–Trinajstić information content (AvgIpc) is 2.31. The van der Waals surface area contributed by atoms with Crippen LogP contribution in [0.4, 0.5) is 0 Å². The van der Waals surface area contributed by atoms with Crippen molar-refractivity contribution in [1.82, 2.24) is 0 Å². The lowest BCUT2D eigenvalue weighted by Crippen LogP contribution is -1.97. The van der Waals surface area contributed by atoms with Gasteiger partial charge in [-0.05, 0) is 24.6 Å². The first-order chi connectivity index (χ1) is 7.67. The molecule has 0 aromatic heterocycles. The second-order valence-corrected chi connectivity index (χ2v) is 3.20. The summed E-state index contributed by atoms with van der Waals surface area (Å²) in [5.74, 6) is 5.20. The number of aryl methyl sites for hydroxylation is 1. The van der Waals surface area contributed by atoms with Crippen LogP contribution < -0.4 is 0 Å². The Hall–Kier alpha value is -2.26. The number of hydrogen-bond acceptors (Lipinski definition) is 3. The van der Waals surface area contributed by atoms with E-state index in [2.05, 4.69) is 16.6 Å². The molecular formula is C13H11NO2. The molecule has 0 amide bonds. The maximum Gasteiger partial charge on any atom is 0.317 e. The summed E-state index contributed by atoms with van der Waals surface area (Å²) >= 11 is 0. The van der Waals surface area contributed by atoms with E-state index in [9.17, 15) is 4.79 Å². The molecule has 0 fully saturated rings. The summed E-state index contributed by atoms with van der Waals surface area (Å²) in [7, 11) is 1.32. The highest BCUT2D eigenvalue weighted by molar-refractivity contribution is 5.72. The molecule has 0 unspecified atom stereocenters. The molecule has 0 bridgehead atoms. The van der Waals surface area contributed by atoms with Gasteiger partial charge < -0.3 is 4.74 Å². The Morgan fingerprint density at radius 3 is 2.88 bits per heavy atom. The highest BCUT2D eigenvalue weighted by atomic mass is 16.5. The summed E-state index contributed by atoms with van der Waals surface area (Å²) in [6.45, 7) is 1.91. The molecule has 80 valence electrons. The molecule has 0 N–H and O–H groups in total. The summed E-state index contributed by atoms with van der Waals surface area (Å²) in [4.78, 5) is 10.8. The van der Waals surface area contributed by atoms with Crippen LogP contribution in [0.2, 0.25) is 0 Å². The number of nitriles is 1. The van der Waals surface area contributed by atoms with Crippen molar-refractivity contribution in [2.24, 2.45) is 0 Å². The lowest BCUT2D eigenvalue weighted by atomic mass is 10.1. The molecule has 0 atom stereocenters. The molecule has 16 heavy (non-hydrogen) atoms. The van der Waals surface area contributed by atoms with Gasteiger partial charge in [-0.15, -0.1) is 0 Å². The number of benzene rings is 1. The molecule has 1 aromatic carbocycles. The van der Waals surface area contributed by atoms with Crippen LogP contribution in [0.15, 0.2) is 18.2 Å². The summed E-state index contributed by atoms with van der Waals surface area (Å²) in [6.07, 6.45) is 0.0622. The zero-order chi connectivity index (χ0) is 12.0. The molecule has 0 aliphatic rings. The third-order valence-electron chi connectivity index (χ3n) is 2.05. The maximum absolute atomic E-state index is 10.8. The topological polar surface area (TPSA) is 50.1 Å². The standard InChI is InChI=1S/C13H11NO2/c1-10-6-7-11(9-14)8-12(10)4-3-5-13(15)16-2/h6-8H,5H2,1-2H3. The first-order valence-electron chi connectivity index (χ1n) is 4.74. The van der Waals surface area contributed by atoms with E-state index in [0.717, 1.165) is 11.1 Å². The van der Waals surface area contributed by atoms with Gasteiger partial charge in [0.05, 0.1) is 18.7 Å². The Kier molecular flexibility index (Phi) is 4.12. The minimum Gasteiger partial charge on any atom is -0.468 e. The van der Waals surface area contributed by atoms with Crippen molar-refractivity contribution in [1.29, 1.82) is 5.26 Å². The Morgan fingerprint density at radius 1 is 1.50 bits per heavy atom. The summed E-state index contributed by atoms with van der Waals surface area (Å²) in [5, 5.41) is 8.73. The Morgan fingerprint density at radius 2 is 2.25 bits per heavy atom. The molecular weight excluding hydrogens is 202 g/mol.